The number of hydrogen-bond acceptors (Lipinski definition) is 4. The van der Waals surface area contributed by atoms with Crippen LogP contribution in [0.1, 0.15) is 271 Å². The lowest BCUT2D eigenvalue weighted by atomic mass is 9.97. The summed E-state index contributed by atoms with van der Waals surface area (Å²) in [6, 6.07) is 0. The molecular formula is C49H94O4. The molecule has 0 saturated carbocycles. The van der Waals surface area contributed by atoms with Gasteiger partial charge in [0.15, 0.2) is 0 Å². The molecule has 0 aromatic heterocycles. The number of hydrogen-bond donors (Lipinski definition) is 0. The first-order valence-corrected chi connectivity index (χ1v) is 24.1. The Hall–Kier alpha value is -1.32. The number of esters is 2. The first kappa shape index (κ1) is 51.7. The van der Waals surface area contributed by atoms with E-state index in [0.29, 0.717) is 13.2 Å². The van der Waals surface area contributed by atoms with Crippen molar-refractivity contribution in [3.63, 3.8) is 0 Å². The zero-order chi connectivity index (χ0) is 38.6. The Bertz CT molecular complexity index is 762. The van der Waals surface area contributed by atoms with Gasteiger partial charge in [-0.1, -0.05) is 232 Å². The van der Waals surface area contributed by atoms with Crippen molar-refractivity contribution < 1.29 is 19.1 Å². The monoisotopic (exact) mass is 747 g/mol. The summed E-state index contributed by atoms with van der Waals surface area (Å²) in [7, 11) is 0. The zero-order valence-electron chi connectivity index (χ0n) is 36.4. The maximum absolute atomic E-state index is 13.1. The lowest BCUT2D eigenvalue weighted by molar-refractivity contribution is -0.155. The molecule has 0 aliphatic rings. The van der Waals surface area contributed by atoms with Gasteiger partial charge in [-0.15, -0.1) is 0 Å². The van der Waals surface area contributed by atoms with Gasteiger partial charge in [-0.3, -0.25) is 9.59 Å². The van der Waals surface area contributed by atoms with E-state index in [1.54, 1.807) is 0 Å². The molecule has 1 unspecified atom stereocenters. The van der Waals surface area contributed by atoms with Gasteiger partial charge in [0.05, 0.1) is 25.6 Å². The third-order valence-electron chi connectivity index (χ3n) is 11.1. The molecule has 0 aromatic carbocycles. The van der Waals surface area contributed by atoms with Crippen LogP contribution in [0.3, 0.4) is 0 Å². The van der Waals surface area contributed by atoms with Crippen molar-refractivity contribution in [1.82, 2.24) is 0 Å². The molecule has 0 spiro atoms. The molecule has 4 nitrogen and oxygen atoms in total. The summed E-state index contributed by atoms with van der Waals surface area (Å²) in [6.45, 7) is 7.77. The summed E-state index contributed by atoms with van der Waals surface area (Å²) in [6.07, 6.45) is 53.0. The minimum Gasteiger partial charge on any atom is -0.466 e. The normalized spacial score (nSPS) is 12.1. The van der Waals surface area contributed by atoms with Crippen molar-refractivity contribution in [2.24, 2.45) is 5.92 Å². The minimum absolute atomic E-state index is 0.165. The Balaban J connectivity index is 4.20. The van der Waals surface area contributed by atoms with E-state index in [0.717, 1.165) is 44.9 Å². The molecule has 0 saturated heterocycles. The highest BCUT2D eigenvalue weighted by molar-refractivity contribution is 5.79. The highest BCUT2D eigenvalue weighted by Gasteiger charge is 2.24. The summed E-state index contributed by atoms with van der Waals surface area (Å²) in [4.78, 5) is 25.8. The van der Waals surface area contributed by atoms with E-state index in [1.165, 1.54) is 199 Å². The van der Waals surface area contributed by atoms with Crippen molar-refractivity contribution in [2.75, 3.05) is 13.2 Å². The van der Waals surface area contributed by atoms with Crippen LogP contribution in [0, 0.1) is 5.92 Å². The van der Waals surface area contributed by atoms with E-state index < -0.39 is 0 Å². The Labute approximate surface area is 332 Å². The summed E-state index contributed by atoms with van der Waals surface area (Å²) >= 11 is 0. The van der Waals surface area contributed by atoms with Crippen LogP contribution in [0.2, 0.25) is 0 Å². The number of allylic oxidation sites excluding steroid dienone is 2. The van der Waals surface area contributed by atoms with Crippen molar-refractivity contribution in [1.29, 1.82) is 0 Å². The van der Waals surface area contributed by atoms with Gasteiger partial charge in [0.2, 0.25) is 0 Å². The van der Waals surface area contributed by atoms with Crippen molar-refractivity contribution in [2.45, 2.75) is 271 Å². The first-order valence-electron chi connectivity index (χ1n) is 24.1. The van der Waals surface area contributed by atoms with Gasteiger partial charge in [-0.05, 0) is 44.9 Å². The largest absolute Gasteiger partial charge is 0.466 e. The smallest absolute Gasteiger partial charge is 0.309 e. The van der Waals surface area contributed by atoms with Gasteiger partial charge in [0, 0.05) is 0 Å². The fourth-order valence-electron chi connectivity index (χ4n) is 7.39. The van der Waals surface area contributed by atoms with Crippen LogP contribution in [-0.4, -0.2) is 25.2 Å². The molecule has 0 heterocycles. The predicted octanol–water partition coefficient (Wildman–Crippen LogP) is 16.5. The Kier molecular flexibility index (Phi) is 43.9. The van der Waals surface area contributed by atoms with Gasteiger partial charge >= 0.3 is 11.9 Å². The molecule has 0 aliphatic carbocycles. The lowest BCUT2D eigenvalue weighted by Crippen LogP contribution is -2.23. The van der Waals surface area contributed by atoms with E-state index in [9.17, 15) is 9.59 Å². The van der Waals surface area contributed by atoms with Crippen LogP contribution in [0.25, 0.3) is 0 Å². The highest BCUT2D eigenvalue weighted by atomic mass is 16.5. The van der Waals surface area contributed by atoms with Crippen LogP contribution >= 0.6 is 0 Å². The van der Waals surface area contributed by atoms with Gasteiger partial charge in [0.25, 0.3) is 0 Å². The van der Waals surface area contributed by atoms with Gasteiger partial charge in [-0.2, -0.15) is 0 Å². The van der Waals surface area contributed by atoms with Crippen LogP contribution < -0.4 is 0 Å². The van der Waals surface area contributed by atoms with Crippen LogP contribution in [0.5, 0.6) is 0 Å². The van der Waals surface area contributed by atoms with E-state index in [4.69, 9.17) is 9.47 Å². The molecule has 0 rings (SSSR count). The average molecular weight is 747 g/mol. The third kappa shape index (κ3) is 41.7. The second-order valence-electron chi connectivity index (χ2n) is 16.4. The Morgan fingerprint density at radius 2 is 0.679 bits per heavy atom. The maximum atomic E-state index is 13.1. The summed E-state index contributed by atoms with van der Waals surface area (Å²) in [5.74, 6) is -0.789. The highest BCUT2D eigenvalue weighted by Crippen LogP contribution is 2.20. The van der Waals surface area contributed by atoms with Crippen LogP contribution in [-0.2, 0) is 19.1 Å². The molecule has 0 aromatic rings. The number of rotatable bonds is 44. The van der Waals surface area contributed by atoms with Crippen LogP contribution in [0.15, 0.2) is 12.2 Å². The molecule has 0 amide bonds. The quantitative estimate of drug-likeness (QED) is 0.0354. The molecule has 0 N–H and O–H groups in total. The topological polar surface area (TPSA) is 52.6 Å². The summed E-state index contributed by atoms with van der Waals surface area (Å²) in [5.41, 5.74) is 0. The SMILES string of the molecule is CCCCCCCCCCCC/C=C/CCCCCCCC(CC(=O)OCCCCCCCCCCCC)C(=O)OCCCCCCCCCCCC. The predicted molar refractivity (Wildman–Crippen MR) is 232 cm³/mol. The van der Waals surface area contributed by atoms with E-state index in [-0.39, 0.29) is 24.3 Å². The summed E-state index contributed by atoms with van der Waals surface area (Å²) < 4.78 is 11.3. The molecule has 1 atom stereocenters. The molecule has 4 heteroatoms. The maximum Gasteiger partial charge on any atom is 0.309 e. The number of ether oxygens (including phenoxy) is 2. The zero-order valence-corrected chi connectivity index (χ0v) is 36.4. The molecule has 0 radical (unpaired) electrons. The molecular weight excluding hydrogens is 653 g/mol. The molecule has 0 fully saturated rings. The van der Waals surface area contributed by atoms with Crippen molar-refractivity contribution in [3.05, 3.63) is 12.2 Å². The lowest BCUT2D eigenvalue weighted by Gasteiger charge is -2.16. The number of carbonyl (C=O) groups is 2. The fraction of sp³-hybridized carbons (Fsp3) is 0.918. The number of unbranched alkanes of at least 4 members (excludes halogenated alkanes) is 33. The Morgan fingerprint density at radius 3 is 1.06 bits per heavy atom. The van der Waals surface area contributed by atoms with Crippen LogP contribution in [0.4, 0.5) is 0 Å². The second kappa shape index (κ2) is 45.1. The molecule has 53 heavy (non-hydrogen) atoms. The standard InChI is InChI=1S/C49H94O4/c1-4-7-10-13-16-19-22-23-24-25-26-27-28-29-30-31-34-37-40-43-47(49(51)53-45-42-39-36-33-21-18-15-12-9-6-3)46-48(50)52-44-41-38-35-32-20-17-14-11-8-5-2/h27-28,47H,4-26,29-46H2,1-3H3/b28-27+. The van der Waals surface area contributed by atoms with E-state index >= 15 is 0 Å². The molecule has 0 aliphatic heterocycles. The molecule has 0 bridgehead atoms. The number of carbonyl (C=O) groups excluding carboxylic acids is 2. The molecule has 314 valence electrons. The minimum atomic E-state index is -0.368. The van der Waals surface area contributed by atoms with Gasteiger partial charge in [-0.25, -0.2) is 0 Å². The first-order chi connectivity index (χ1) is 26.2. The summed E-state index contributed by atoms with van der Waals surface area (Å²) in [5, 5.41) is 0. The fourth-order valence-corrected chi connectivity index (χ4v) is 7.39. The van der Waals surface area contributed by atoms with Crippen molar-refractivity contribution >= 4 is 11.9 Å². The van der Waals surface area contributed by atoms with Gasteiger partial charge in [0.1, 0.15) is 0 Å². The Morgan fingerprint density at radius 1 is 0.377 bits per heavy atom. The average Bonchev–Trinajstić information content (AvgIpc) is 3.16. The van der Waals surface area contributed by atoms with Crippen molar-refractivity contribution in [3.8, 4) is 0 Å². The second-order valence-corrected chi connectivity index (χ2v) is 16.4. The van der Waals surface area contributed by atoms with E-state index in [1.807, 2.05) is 0 Å². The third-order valence-corrected chi connectivity index (χ3v) is 11.1. The van der Waals surface area contributed by atoms with Gasteiger partial charge < -0.3 is 9.47 Å². The van der Waals surface area contributed by atoms with E-state index in [2.05, 4.69) is 32.9 Å².